The molecule has 1 fully saturated rings. The Balaban J connectivity index is 2.30. The standard InChI is InChI=1S/C8H14O4/c1-11-8(9)6-2-4-7(12-10)5-3-6/h6-7,10H,2-5H2,1H3. The lowest BCUT2D eigenvalue weighted by atomic mass is 9.87. The van der Waals surface area contributed by atoms with Gasteiger partial charge in [-0.2, -0.15) is 0 Å². The lowest BCUT2D eigenvalue weighted by molar-refractivity contribution is -0.285. The van der Waals surface area contributed by atoms with Crippen LogP contribution in [0.4, 0.5) is 0 Å². The largest absolute Gasteiger partial charge is 0.469 e. The van der Waals surface area contributed by atoms with E-state index in [1.807, 2.05) is 0 Å². The number of hydrogen-bond donors (Lipinski definition) is 1. The summed E-state index contributed by atoms with van der Waals surface area (Å²) in [6.07, 6.45) is 2.87. The van der Waals surface area contributed by atoms with Crippen LogP contribution in [-0.4, -0.2) is 24.4 Å². The van der Waals surface area contributed by atoms with Crippen LogP contribution in [-0.2, 0) is 14.4 Å². The average Bonchev–Trinajstić information content (AvgIpc) is 2.17. The molecule has 0 aliphatic heterocycles. The summed E-state index contributed by atoms with van der Waals surface area (Å²) in [7, 11) is 1.40. The molecule has 0 saturated heterocycles. The molecule has 0 aromatic heterocycles. The summed E-state index contributed by atoms with van der Waals surface area (Å²) in [6.45, 7) is 0. The van der Waals surface area contributed by atoms with Crippen LogP contribution in [0.25, 0.3) is 0 Å². The zero-order chi connectivity index (χ0) is 8.97. The van der Waals surface area contributed by atoms with E-state index in [9.17, 15) is 4.79 Å². The van der Waals surface area contributed by atoms with E-state index in [1.165, 1.54) is 7.11 Å². The maximum absolute atomic E-state index is 11.0. The van der Waals surface area contributed by atoms with Crippen molar-refractivity contribution in [2.45, 2.75) is 31.8 Å². The first kappa shape index (κ1) is 9.48. The van der Waals surface area contributed by atoms with Crippen molar-refractivity contribution in [2.75, 3.05) is 7.11 Å². The van der Waals surface area contributed by atoms with Crippen molar-refractivity contribution in [2.24, 2.45) is 5.92 Å². The summed E-state index contributed by atoms with van der Waals surface area (Å²) in [5, 5.41) is 8.36. The van der Waals surface area contributed by atoms with Crippen LogP contribution in [0.5, 0.6) is 0 Å². The molecule has 4 nitrogen and oxygen atoms in total. The molecule has 1 aliphatic rings. The second kappa shape index (κ2) is 4.42. The summed E-state index contributed by atoms with van der Waals surface area (Å²) in [4.78, 5) is 15.2. The fourth-order valence-corrected chi connectivity index (χ4v) is 1.57. The molecule has 1 aliphatic carbocycles. The summed E-state index contributed by atoms with van der Waals surface area (Å²) in [5.74, 6) is -0.146. The van der Waals surface area contributed by atoms with Gasteiger partial charge in [-0.1, -0.05) is 0 Å². The Kier molecular flexibility index (Phi) is 3.49. The van der Waals surface area contributed by atoms with Crippen molar-refractivity contribution in [3.63, 3.8) is 0 Å². The highest BCUT2D eigenvalue weighted by molar-refractivity contribution is 5.72. The smallest absolute Gasteiger partial charge is 0.308 e. The van der Waals surface area contributed by atoms with Crippen molar-refractivity contribution in [3.05, 3.63) is 0 Å². The monoisotopic (exact) mass is 174 g/mol. The lowest BCUT2D eigenvalue weighted by Gasteiger charge is -2.24. The fraction of sp³-hybridized carbons (Fsp3) is 0.875. The molecule has 1 saturated carbocycles. The topological polar surface area (TPSA) is 55.8 Å². The highest BCUT2D eigenvalue weighted by Crippen LogP contribution is 2.26. The van der Waals surface area contributed by atoms with Crippen molar-refractivity contribution in [1.82, 2.24) is 0 Å². The van der Waals surface area contributed by atoms with E-state index < -0.39 is 0 Å². The molecule has 70 valence electrons. The third kappa shape index (κ3) is 2.19. The third-order valence-electron chi connectivity index (χ3n) is 2.36. The van der Waals surface area contributed by atoms with Gasteiger partial charge in [-0.05, 0) is 25.7 Å². The summed E-state index contributed by atoms with van der Waals surface area (Å²) in [6, 6.07) is 0. The minimum Gasteiger partial charge on any atom is -0.469 e. The van der Waals surface area contributed by atoms with Gasteiger partial charge in [-0.15, -0.1) is 0 Å². The molecule has 0 atom stereocenters. The molecule has 0 amide bonds. The maximum Gasteiger partial charge on any atom is 0.308 e. The average molecular weight is 174 g/mol. The number of ether oxygens (including phenoxy) is 1. The Morgan fingerprint density at radius 1 is 1.33 bits per heavy atom. The lowest BCUT2D eigenvalue weighted by Crippen LogP contribution is -2.26. The van der Waals surface area contributed by atoms with E-state index in [0.717, 1.165) is 25.7 Å². The number of methoxy groups -OCH3 is 1. The predicted molar refractivity (Wildman–Crippen MR) is 41.5 cm³/mol. The Morgan fingerprint density at radius 3 is 2.33 bits per heavy atom. The van der Waals surface area contributed by atoms with Crippen LogP contribution < -0.4 is 0 Å². The van der Waals surface area contributed by atoms with Crippen molar-refractivity contribution >= 4 is 5.97 Å². The summed E-state index contributed by atoms with van der Waals surface area (Å²) < 4.78 is 4.62. The zero-order valence-electron chi connectivity index (χ0n) is 7.16. The minimum atomic E-state index is -0.147. The first-order chi connectivity index (χ1) is 5.77. The van der Waals surface area contributed by atoms with Crippen LogP contribution in [0.3, 0.4) is 0 Å². The molecule has 0 bridgehead atoms. The van der Waals surface area contributed by atoms with Gasteiger partial charge in [0.1, 0.15) is 0 Å². The molecular formula is C8H14O4. The maximum atomic E-state index is 11.0. The molecule has 1 N–H and O–H groups in total. The van der Waals surface area contributed by atoms with Crippen molar-refractivity contribution in [3.8, 4) is 0 Å². The number of carbonyl (C=O) groups excluding carboxylic acids is 1. The highest BCUT2D eigenvalue weighted by atomic mass is 17.1. The summed E-state index contributed by atoms with van der Waals surface area (Å²) in [5.41, 5.74) is 0. The SMILES string of the molecule is COC(=O)C1CCC(OO)CC1. The minimum absolute atomic E-state index is 0.00130. The molecule has 0 aromatic rings. The third-order valence-corrected chi connectivity index (χ3v) is 2.36. The van der Waals surface area contributed by atoms with E-state index in [0.29, 0.717) is 0 Å². The van der Waals surface area contributed by atoms with Gasteiger partial charge >= 0.3 is 5.97 Å². The van der Waals surface area contributed by atoms with Gasteiger partial charge in [-0.3, -0.25) is 10.1 Å². The normalized spacial score (nSPS) is 29.8. The second-order valence-corrected chi connectivity index (χ2v) is 3.10. The van der Waals surface area contributed by atoms with Gasteiger partial charge in [0, 0.05) is 0 Å². The Hall–Kier alpha value is -0.610. The Bertz CT molecular complexity index is 149. The molecule has 0 radical (unpaired) electrons. The van der Waals surface area contributed by atoms with Gasteiger partial charge in [0.25, 0.3) is 0 Å². The second-order valence-electron chi connectivity index (χ2n) is 3.10. The van der Waals surface area contributed by atoms with Crippen LogP contribution >= 0.6 is 0 Å². The zero-order valence-corrected chi connectivity index (χ0v) is 7.16. The first-order valence-corrected chi connectivity index (χ1v) is 4.16. The van der Waals surface area contributed by atoms with Crippen molar-refractivity contribution in [1.29, 1.82) is 0 Å². The number of rotatable bonds is 2. The number of carbonyl (C=O) groups is 1. The van der Waals surface area contributed by atoms with Crippen LogP contribution in [0, 0.1) is 5.92 Å². The van der Waals surface area contributed by atoms with Crippen LogP contribution in [0.1, 0.15) is 25.7 Å². The predicted octanol–water partition coefficient (Wildman–Crippen LogP) is 1.21. The van der Waals surface area contributed by atoms with Gasteiger partial charge < -0.3 is 4.74 Å². The Morgan fingerprint density at radius 2 is 1.92 bits per heavy atom. The summed E-state index contributed by atoms with van der Waals surface area (Å²) >= 11 is 0. The molecular weight excluding hydrogens is 160 g/mol. The molecule has 12 heavy (non-hydrogen) atoms. The van der Waals surface area contributed by atoms with E-state index in [1.54, 1.807) is 0 Å². The van der Waals surface area contributed by atoms with Crippen molar-refractivity contribution < 1.29 is 19.7 Å². The van der Waals surface area contributed by atoms with E-state index in [-0.39, 0.29) is 18.0 Å². The quantitative estimate of drug-likeness (QED) is 0.388. The molecule has 4 heteroatoms. The molecule has 1 rings (SSSR count). The number of esters is 1. The van der Waals surface area contributed by atoms with E-state index in [4.69, 9.17) is 5.26 Å². The first-order valence-electron chi connectivity index (χ1n) is 4.16. The van der Waals surface area contributed by atoms with Gasteiger partial charge in [0.05, 0.1) is 19.1 Å². The van der Waals surface area contributed by atoms with Crippen LogP contribution in [0.15, 0.2) is 0 Å². The Labute approximate surface area is 71.4 Å². The molecule has 0 unspecified atom stereocenters. The highest BCUT2D eigenvalue weighted by Gasteiger charge is 2.27. The molecule has 0 heterocycles. The number of hydrogen-bond acceptors (Lipinski definition) is 4. The fourth-order valence-electron chi connectivity index (χ4n) is 1.57. The molecule has 0 aromatic carbocycles. The van der Waals surface area contributed by atoms with Gasteiger partial charge in [0.2, 0.25) is 0 Å². The molecule has 0 spiro atoms. The van der Waals surface area contributed by atoms with E-state index >= 15 is 0 Å². The van der Waals surface area contributed by atoms with E-state index in [2.05, 4.69) is 9.62 Å². The van der Waals surface area contributed by atoms with Gasteiger partial charge in [-0.25, -0.2) is 4.89 Å². The van der Waals surface area contributed by atoms with Crippen LogP contribution in [0.2, 0.25) is 0 Å². The van der Waals surface area contributed by atoms with Gasteiger partial charge in [0.15, 0.2) is 0 Å².